The lowest BCUT2D eigenvalue weighted by Crippen LogP contribution is -2.07. The third kappa shape index (κ3) is 3.01. The van der Waals surface area contributed by atoms with Gasteiger partial charge in [0.2, 0.25) is 0 Å². The number of benzene rings is 1. The van der Waals surface area contributed by atoms with Crippen LogP contribution in [-0.2, 0) is 9.53 Å². The summed E-state index contributed by atoms with van der Waals surface area (Å²) in [7, 11) is 0. The molecule has 3 rings (SSSR count). The first-order valence-corrected chi connectivity index (χ1v) is 7.01. The quantitative estimate of drug-likeness (QED) is 0.396. The van der Waals surface area contributed by atoms with Crippen molar-refractivity contribution in [3.63, 3.8) is 0 Å². The van der Waals surface area contributed by atoms with E-state index in [4.69, 9.17) is 4.74 Å². The molecule has 1 heterocycles. The van der Waals surface area contributed by atoms with Crippen LogP contribution in [-0.4, -0.2) is 15.8 Å². The van der Waals surface area contributed by atoms with Crippen LogP contribution >= 0.6 is 11.3 Å². The van der Waals surface area contributed by atoms with Gasteiger partial charge in [0.15, 0.2) is 5.13 Å². The minimum absolute atomic E-state index is 0.0100. The van der Waals surface area contributed by atoms with E-state index in [0.29, 0.717) is 21.1 Å². The number of thiazole rings is 1. The van der Waals surface area contributed by atoms with E-state index in [9.17, 15) is 14.9 Å². The summed E-state index contributed by atoms with van der Waals surface area (Å²) in [6, 6.07) is 4.35. The first kappa shape index (κ1) is 14.0. The van der Waals surface area contributed by atoms with Gasteiger partial charge in [-0.2, -0.15) is 0 Å². The van der Waals surface area contributed by atoms with Gasteiger partial charge < -0.3 is 4.74 Å². The van der Waals surface area contributed by atoms with Crippen molar-refractivity contribution < 1.29 is 14.5 Å². The second-order valence-corrected chi connectivity index (χ2v) is 5.30. The molecule has 0 spiro atoms. The van der Waals surface area contributed by atoms with Crippen molar-refractivity contribution in [3.05, 3.63) is 64.6 Å². The molecule has 7 nitrogen and oxygen atoms in total. The number of hydrogen-bond acceptors (Lipinski definition) is 6. The molecule has 0 aliphatic heterocycles. The van der Waals surface area contributed by atoms with Crippen molar-refractivity contribution in [1.82, 2.24) is 4.98 Å². The van der Waals surface area contributed by atoms with Crippen LogP contribution < -0.4 is 5.32 Å². The third-order valence-corrected chi connectivity index (χ3v) is 3.69. The molecule has 1 N–H and O–H groups in total. The molecule has 0 unspecified atom stereocenters. The number of nitro groups is 1. The predicted octanol–water partition coefficient (Wildman–Crippen LogP) is 3.13. The van der Waals surface area contributed by atoms with Crippen molar-refractivity contribution >= 4 is 38.3 Å². The molecule has 0 radical (unpaired) electrons. The average molecular weight is 315 g/mol. The zero-order valence-corrected chi connectivity index (χ0v) is 11.9. The number of ether oxygens (including phenoxy) is 1. The molecule has 1 aromatic heterocycles. The van der Waals surface area contributed by atoms with Gasteiger partial charge in [-0.05, 0) is 18.2 Å². The Bertz CT molecular complexity index is 851. The van der Waals surface area contributed by atoms with E-state index in [2.05, 4.69) is 10.3 Å². The first-order valence-electron chi connectivity index (χ1n) is 6.19. The summed E-state index contributed by atoms with van der Waals surface area (Å²) in [6.45, 7) is 0. The van der Waals surface area contributed by atoms with Gasteiger partial charge in [0.1, 0.15) is 5.76 Å². The highest BCUT2D eigenvalue weighted by Crippen LogP contribution is 2.29. The van der Waals surface area contributed by atoms with Crippen LogP contribution in [0.3, 0.4) is 0 Å². The lowest BCUT2D eigenvalue weighted by atomic mass is 10.3. The number of nitro benzene ring substituents is 1. The normalized spacial score (nSPS) is 13.0. The molecular formula is C14H9N3O4S. The van der Waals surface area contributed by atoms with Crippen LogP contribution in [0, 0.1) is 10.1 Å². The minimum Gasteiger partial charge on any atom is -0.465 e. The van der Waals surface area contributed by atoms with Gasteiger partial charge in [-0.1, -0.05) is 17.4 Å². The Morgan fingerprint density at radius 3 is 2.95 bits per heavy atom. The number of hydrogen-bond donors (Lipinski definition) is 1. The van der Waals surface area contributed by atoms with Crippen molar-refractivity contribution in [2.45, 2.75) is 0 Å². The molecule has 22 heavy (non-hydrogen) atoms. The number of aromatic nitrogens is 1. The Labute approximate surface area is 128 Å². The lowest BCUT2D eigenvalue weighted by molar-refractivity contribution is -0.384. The maximum atomic E-state index is 11.7. The Morgan fingerprint density at radius 1 is 1.45 bits per heavy atom. The fourth-order valence-corrected chi connectivity index (χ4v) is 2.56. The number of carbonyl (C=O) groups excluding carboxylic acids is 1. The zero-order chi connectivity index (χ0) is 15.5. The van der Waals surface area contributed by atoms with E-state index in [1.54, 1.807) is 18.2 Å². The van der Waals surface area contributed by atoms with E-state index >= 15 is 0 Å². The van der Waals surface area contributed by atoms with Gasteiger partial charge in [-0.25, -0.2) is 4.98 Å². The molecule has 0 saturated heterocycles. The van der Waals surface area contributed by atoms with E-state index in [0.717, 1.165) is 0 Å². The number of rotatable bonds is 5. The highest BCUT2D eigenvalue weighted by Gasteiger charge is 2.11. The van der Waals surface area contributed by atoms with Crippen LogP contribution in [0.5, 0.6) is 0 Å². The topological polar surface area (TPSA) is 94.4 Å². The van der Waals surface area contributed by atoms with Crippen molar-refractivity contribution in [2.75, 3.05) is 5.32 Å². The zero-order valence-electron chi connectivity index (χ0n) is 11.1. The summed E-state index contributed by atoms with van der Waals surface area (Å²) in [6.07, 6.45) is 7.87. The number of nitrogens with one attached hydrogen (secondary N) is 1. The number of amides is 1. The second-order valence-electron chi connectivity index (χ2n) is 4.27. The van der Waals surface area contributed by atoms with Crippen LogP contribution in [0.25, 0.3) is 10.2 Å². The lowest BCUT2D eigenvalue weighted by Gasteiger charge is -2.04. The van der Waals surface area contributed by atoms with Gasteiger partial charge in [0.05, 0.1) is 21.4 Å². The van der Waals surface area contributed by atoms with Crippen molar-refractivity contribution in [3.8, 4) is 0 Å². The second kappa shape index (κ2) is 5.78. The molecule has 1 aliphatic carbocycles. The average Bonchev–Trinajstić information content (AvgIpc) is 2.82. The van der Waals surface area contributed by atoms with E-state index in [1.165, 1.54) is 35.8 Å². The molecule has 0 saturated carbocycles. The predicted molar refractivity (Wildman–Crippen MR) is 82.4 cm³/mol. The monoisotopic (exact) mass is 315 g/mol. The Hall–Kier alpha value is -3.00. The molecule has 0 atom stereocenters. The van der Waals surface area contributed by atoms with Gasteiger partial charge in [-0.15, -0.1) is 0 Å². The summed E-state index contributed by atoms with van der Waals surface area (Å²) in [4.78, 5) is 26.1. The molecule has 0 bridgehead atoms. The molecule has 0 fully saturated rings. The summed E-state index contributed by atoms with van der Waals surface area (Å²) in [5, 5.41) is 13.7. The molecule has 1 aromatic carbocycles. The Morgan fingerprint density at radius 2 is 2.27 bits per heavy atom. The summed E-state index contributed by atoms with van der Waals surface area (Å²) in [5.41, 5.74) is 0.583. The number of anilines is 1. The number of allylic oxidation sites excluding steroid dienone is 3. The molecule has 1 aliphatic rings. The minimum atomic E-state index is -0.471. The Balaban J connectivity index is 1.67. The van der Waals surface area contributed by atoms with Gasteiger partial charge in [0, 0.05) is 18.2 Å². The molecule has 2 aromatic rings. The fraction of sp³-hybridized carbons (Fsp3) is 0. The van der Waals surface area contributed by atoms with Gasteiger partial charge in [-0.3, -0.25) is 20.2 Å². The smallest absolute Gasteiger partial charge is 0.270 e. The van der Waals surface area contributed by atoms with Gasteiger partial charge in [0.25, 0.3) is 11.6 Å². The van der Waals surface area contributed by atoms with Crippen molar-refractivity contribution in [2.24, 2.45) is 0 Å². The standard InChI is InChI=1S/C14H9N3O4S/c18-13(6-7-21-10-2-1-3-10)16-14-15-11-5-4-9(17(19)20)8-12(11)22-14/h1-8H,(H,15,16,18)/b7-6+. The van der Waals surface area contributed by atoms with Crippen LogP contribution in [0.4, 0.5) is 10.8 Å². The number of non-ortho nitro benzene ring substituents is 1. The molecular weight excluding hydrogens is 306 g/mol. The van der Waals surface area contributed by atoms with Gasteiger partial charge >= 0.3 is 0 Å². The summed E-state index contributed by atoms with van der Waals surface area (Å²) >= 11 is 1.17. The highest BCUT2D eigenvalue weighted by atomic mass is 32.1. The summed E-state index contributed by atoms with van der Waals surface area (Å²) < 4.78 is 5.76. The Kier molecular flexibility index (Phi) is 3.67. The maximum absolute atomic E-state index is 11.7. The van der Waals surface area contributed by atoms with E-state index in [1.807, 2.05) is 6.08 Å². The SMILES string of the molecule is O=C(/C=C/OC1=CC=C1)Nc1nc2ccc([N+](=O)[O-])cc2s1. The number of carbonyl (C=O) groups is 1. The maximum Gasteiger partial charge on any atom is 0.270 e. The fourth-order valence-electron chi connectivity index (χ4n) is 1.66. The largest absolute Gasteiger partial charge is 0.465 e. The van der Waals surface area contributed by atoms with E-state index in [-0.39, 0.29) is 5.69 Å². The molecule has 8 heteroatoms. The van der Waals surface area contributed by atoms with Crippen molar-refractivity contribution in [1.29, 1.82) is 0 Å². The van der Waals surface area contributed by atoms with Crippen LogP contribution in [0.2, 0.25) is 0 Å². The van der Waals surface area contributed by atoms with Crippen LogP contribution in [0.1, 0.15) is 0 Å². The first-order chi connectivity index (χ1) is 10.6. The summed E-state index contributed by atoms with van der Waals surface area (Å²) in [5.74, 6) is 0.286. The number of fused-ring (bicyclic) bond motifs is 1. The molecule has 1 amide bonds. The highest BCUT2D eigenvalue weighted by molar-refractivity contribution is 7.22. The molecule has 110 valence electrons. The van der Waals surface area contributed by atoms with E-state index < -0.39 is 10.8 Å². The van der Waals surface area contributed by atoms with Crippen LogP contribution in [0.15, 0.2) is 54.5 Å². The number of nitrogens with zero attached hydrogens (tertiary/aromatic N) is 2. The third-order valence-electron chi connectivity index (χ3n) is 2.76.